The zero-order chi connectivity index (χ0) is 16.4. The first kappa shape index (κ1) is 18.3. The van der Waals surface area contributed by atoms with Crippen LogP contribution >= 0.6 is 28.1 Å². The SMILES string of the molecule is C#CCOc1c(Br)cc(C=NNC(=S)NCC)cc1OCC. The molecule has 0 atom stereocenters. The number of thiocarbonyl (C=S) groups is 1. The molecule has 0 amide bonds. The largest absolute Gasteiger partial charge is 0.490 e. The van der Waals surface area contributed by atoms with Crippen molar-refractivity contribution in [3.05, 3.63) is 22.2 Å². The third-order valence-corrected chi connectivity index (χ3v) is 3.17. The van der Waals surface area contributed by atoms with Gasteiger partial charge >= 0.3 is 0 Å². The van der Waals surface area contributed by atoms with E-state index in [9.17, 15) is 0 Å². The standard InChI is InChI=1S/C15H18BrN3O2S/c1-4-7-21-14-12(16)8-11(9-13(14)20-6-3)10-18-19-15(22)17-5-2/h1,8-10H,5-7H2,2-3H3,(H2,17,19,22). The van der Waals surface area contributed by atoms with Gasteiger partial charge in [-0.15, -0.1) is 6.42 Å². The molecular formula is C15H18BrN3O2S. The van der Waals surface area contributed by atoms with E-state index in [0.717, 1.165) is 16.6 Å². The second-order valence-electron chi connectivity index (χ2n) is 3.99. The molecule has 0 spiro atoms. The van der Waals surface area contributed by atoms with Gasteiger partial charge in [-0.1, -0.05) is 5.92 Å². The van der Waals surface area contributed by atoms with E-state index in [0.29, 0.717) is 23.2 Å². The highest BCUT2D eigenvalue weighted by Gasteiger charge is 2.11. The van der Waals surface area contributed by atoms with Crippen LogP contribution in [0.2, 0.25) is 0 Å². The van der Waals surface area contributed by atoms with Gasteiger partial charge in [0.15, 0.2) is 16.6 Å². The minimum atomic E-state index is 0.171. The van der Waals surface area contributed by atoms with Crippen LogP contribution in [0.25, 0.3) is 0 Å². The van der Waals surface area contributed by atoms with Gasteiger partial charge in [0.2, 0.25) is 0 Å². The summed E-state index contributed by atoms with van der Waals surface area (Å²) in [7, 11) is 0. The maximum atomic E-state index is 5.58. The average molecular weight is 384 g/mol. The van der Waals surface area contributed by atoms with Crippen molar-refractivity contribution in [3.8, 4) is 23.8 Å². The van der Waals surface area contributed by atoms with Crippen molar-refractivity contribution < 1.29 is 9.47 Å². The van der Waals surface area contributed by atoms with Crippen molar-refractivity contribution in [2.45, 2.75) is 13.8 Å². The minimum absolute atomic E-state index is 0.171. The molecule has 0 unspecified atom stereocenters. The number of terminal acetylenes is 1. The summed E-state index contributed by atoms with van der Waals surface area (Å²) in [5.74, 6) is 3.61. The number of hydrogen-bond donors (Lipinski definition) is 2. The van der Waals surface area contributed by atoms with Gasteiger partial charge in [0.25, 0.3) is 0 Å². The molecule has 118 valence electrons. The molecule has 1 aromatic rings. The second kappa shape index (κ2) is 10.0. The quantitative estimate of drug-likeness (QED) is 0.328. The predicted molar refractivity (Wildman–Crippen MR) is 96.6 cm³/mol. The summed E-state index contributed by atoms with van der Waals surface area (Å²) in [6, 6.07) is 3.68. The average Bonchev–Trinajstić information content (AvgIpc) is 2.47. The molecule has 0 fully saturated rings. The summed E-state index contributed by atoms with van der Waals surface area (Å²) < 4.78 is 11.8. The number of halogens is 1. The van der Waals surface area contributed by atoms with E-state index in [2.05, 4.69) is 37.7 Å². The third-order valence-electron chi connectivity index (χ3n) is 2.35. The van der Waals surface area contributed by atoms with Gasteiger partial charge in [0, 0.05) is 6.54 Å². The molecule has 0 aromatic heterocycles. The summed E-state index contributed by atoms with van der Waals surface area (Å²) in [5, 5.41) is 7.48. The molecule has 7 heteroatoms. The molecule has 5 nitrogen and oxygen atoms in total. The van der Waals surface area contributed by atoms with Crippen LogP contribution in [0.5, 0.6) is 11.5 Å². The van der Waals surface area contributed by atoms with Gasteiger partial charge in [0.05, 0.1) is 17.3 Å². The second-order valence-corrected chi connectivity index (χ2v) is 5.25. The van der Waals surface area contributed by atoms with E-state index in [1.165, 1.54) is 0 Å². The van der Waals surface area contributed by atoms with Crippen LogP contribution in [0.1, 0.15) is 19.4 Å². The maximum absolute atomic E-state index is 5.58. The van der Waals surface area contributed by atoms with Crippen molar-refractivity contribution >= 4 is 39.5 Å². The van der Waals surface area contributed by atoms with E-state index in [4.69, 9.17) is 28.1 Å². The summed E-state index contributed by atoms with van der Waals surface area (Å²) in [4.78, 5) is 0. The zero-order valence-electron chi connectivity index (χ0n) is 12.5. The molecule has 0 bridgehead atoms. The Morgan fingerprint density at radius 2 is 2.23 bits per heavy atom. The number of nitrogens with zero attached hydrogens (tertiary/aromatic N) is 1. The van der Waals surface area contributed by atoms with Crippen molar-refractivity contribution in [2.24, 2.45) is 5.10 Å². The van der Waals surface area contributed by atoms with Crippen LogP contribution < -0.4 is 20.2 Å². The van der Waals surface area contributed by atoms with Crippen LogP contribution in [-0.4, -0.2) is 31.1 Å². The van der Waals surface area contributed by atoms with Gasteiger partial charge in [-0.2, -0.15) is 5.10 Å². The number of ether oxygens (including phenoxy) is 2. The molecule has 0 aliphatic heterocycles. The normalized spacial score (nSPS) is 10.1. The molecule has 0 radical (unpaired) electrons. The number of hydrogen-bond acceptors (Lipinski definition) is 4. The first-order valence-corrected chi connectivity index (χ1v) is 7.92. The number of nitrogens with one attached hydrogen (secondary N) is 2. The minimum Gasteiger partial charge on any atom is -0.490 e. The Labute approximate surface area is 144 Å². The lowest BCUT2D eigenvalue weighted by Gasteiger charge is -2.13. The fourth-order valence-corrected chi connectivity index (χ4v) is 2.32. The maximum Gasteiger partial charge on any atom is 0.186 e. The highest BCUT2D eigenvalue weighted by Crippen LogP contribution is 2.36. The van der Waals surface area contributed by atoms with E-state index in [1.807, 2.05) is 26.0 Å². The van der Waals surface area contributed by atoms with Crippen molar-refractivity contribution in [2.75, 3.05) is 19.8 Å². The van der Waals surface area contributed by atoms with Gasteiger partial charge in [-0.3, -0.25) is 5.43 Å². The van der Waals surface area contributed by atoms with Crippen LogP contribution in [0.4, 0.5) is 0 Å². The van der Waals surface area contributed by atoms with E-state index >= 15 is 0 Å². The van der Waals surface area contributed by atoms with E-state index in [1.54, 1.807) is 6.21 Å². The Morgan fingerprint density at radius 1 is 1.45 bits per heavy atom. The van der Waals surface area contributed by atoms with Crippen LogP contribution in [0.3, 0.4) is 0 Å². The molecule has 0 heterocycles. The fourth-order valence-electron chi connectivity index (χ4n) is 1.54. The van der Waals surface area contributed by atoms with E-state index < -0.39 is 0 Å². The third kappa shape index (κ3) is 5.92. The first-order chi connectivity index (χ1) is 10.6. The van der Waals surface area contributed by atoms with Gasteiger partial charge in [-0.05, 0) is 59.7 Å². The first-order valence-electron chi connectivity index (χ1n) is 6.71. The van der Waals surface area contributed by atoms with Gasteiger partial charge < -0.3 is 14.8 Å². The molecule has 1 aromatic carbocycles. The van der Waals surface area contributed by atoms with Crippen molar-refractivity contribution in [1.29, 1.82) is 0 Å². The van der Waals surface area contributed by atoms with Gasteiger partial charge in [0.1, 0.15) is 6.61 Å². The van der Waals surface area contributed by atoms with Gasteiger partial charge in [-0.25, -0.2) is 0 Å². The Morgan fingerprint density at radius 3 is 2.86 bits per heavy atom. The Kier molecular flexibility index (Phi) is 8.33. The number of rotatable bonds is 7. The van der Waals surface area contributed by atoms with Crippen LogP contribution in [0, 0.1) is 12.3 Å². The van der Waals surface area contributed by atoms with Crippen molar-refractivity contribution in [3.63, 3.8) is 0 Å². The molecule has 0 saturated heterocycles. The number of hydrazone groups is 1. The topological polar surface area (TPSA) is 54.9 Å². The van der Waals surface area contributed by atoms with E-state index in [-0.39, 0.29) is 6.61 Å². The monoisotopic (exact) mass is 383 g/mol. The molecule has 2 N–H and O–H groups in total. The van der Waals surface area contributed by atoms with Crippen LogP contribution in [-0.2, 0) is 0 Å². The molecule has 0 saturated carbocycles. The Hall–Kier alpha value is -1.78. The summed E-state index contributed by atoms with van der Waals surface area (Å²) >= 11 is 8.47. The lowest BCUT2D eigenvalue weighted by atomic mass is 10.2. The lowest BCUT2D eigenvalue weighted by molar-refractivity contribution is 0.298. The van der Waals surface area contributed by atoms with Crippen molar-refractivity contribution in [1.82, 2.24) is 10.7 Å². The smallest absolute Gasteiger partial charge is 0.186 e. The predicted octanol–water partition coefficient (Wildman–Crippen LogP) is 2.68. The zero-order valence-corrected chi connectivity index (χ0v) is 14.9. The Bertz CT molecular complexity index is 585. The summed E-state index contributed by atoms with van der Waals surface area (Å²) in [6.45, 7) is 5.28. The molecule has 0 aliphatic carbocycles. The molecule has 22 heavy (non-hydrogen) atoms. The summed E-state index contributed by atoms with van der Waals surface area (Å²) in [5.41, 5.74) is 3.56. The lowest BCUT2D eigenvalue weighted by Crippen LogP contribution is -2.31. The molecule has 0 aliphatic rings. The summed E-state index contributed by atoms with van der Waals surface area (Å²) in [6.07, 6.45) is 6.86. The Balaban J connectivity index is 2.91. The number of benzene rings is 1. The fraction of sp³-hybridized carbons (Fsp3) is 0.333. The highest BCUT2D eigenvalue weighted by atomic mass is 79.9. The van der Waals surface area contributed by atoms with Crippen LogP contribution in [0.15, 0.2) is 21.7 Å². The highest BCUT2D eigenvalue weighted by molar-refractivity contribution is 9.10. The molecular weight excluding hydrogens is 366 g/mol. The molecule has 1 rings (SSSR count).